The minimum Gasteiger partial charge on any atom is -0.459 e. The van der Waals surface area contributed by atoms with Crippen LogP contribution < -0.4 is 5.32 Å². The van der Waals surface area contributed by atoms with E-state index in [4.69, 9.17) is 4.74 Å². The lowest BCUT2D eigenvalue weighted by Gasteiger charge is -2.19. The number of hydrogen-bond acceptors (Lipinski definition) is 6. The normalized spacial score (nSPS) is 11.2. The van der Waals surface area contributed by atoms with Crippen LogP contribution in [-0.4, -0.2) is 28.1 Å². The van der Waals surface area contributed by atoms with E-state index in [2.05, 4.69) is 15.3 Å². The highest BCUT2D eigenvalue weighted by atomic mass is 32.1. The Kier molecular flexibility index (Phi) is 4.34. The average molecular weight is 291 g/mol. The molecule has 6 heteroatoms. The van der Waals surface area contributed by atoms with Crippen LogP contribution >= 0.6 is 11.3 Å². The summed E-state index contributed by atoms with van der Waals surface area (Å²) in [4.78, 5) is 21.0. The fraction of sp³-hybridized carbons (Fsp3) is 0.357. The number of carbonyl (C=O) groups is 1. The highest BCUT2D eigenvalue weighted by Crippen LogP contribution is 2.23. The molecule has 0 saturated heterocycles. The van der Waals surface area contributed by atoms with Crippen LogP contribution in [0.5, 0.6) is 0 Å². The van der Waals surface area contributed by atoms with Gasteiger partial charge in [-0.15, -0.1) is 11.3 Å². The van der Waals surface area contributed by atoms with Gasteiger partial charge in [0.1, 0.15) is 24.3 Å². The van der Waals surface area contributed by atoms with Gasteiger partial charge in [-0.3, -0.25) is 4.79 Å². The second kappa shape index (κ2) is 6.00. The molecule has 0 fully saturated rings. The number of aromatic nitrogens is 2. The Balaban J connectivity index is 1.97. The number of ether oxygens (including phenoxy) is 1. The highest BCUT2D eigenvalue weighted by Gasteiger charge is 2.16. The van der Waals surface area contributed by atoms with Crippen molar-refractivity contribution in [2.45, 2.75) is 26.4 Å². The average Bonchev–Trinajstić information content (AvgIpc) is 2.88. The van der Waals surface area contributed by atoms with Gasteiger partial charge in [0.25, 0.3) is 0 Å². The first-order valence-corrected chi connectivity index (χ1v) is 7.14. The van der Waals surface area contributed by atoms with Gasteiger partial charge in [-0.05, 0) is 32.2 Å². The zero-order valence-corrected chi connectivity index (χ0v) is 12.5. The maximum absolute atomic E-state index is 11.6. The predicted molar refractivity (Wildman–Crippen MR) is 79.7 cm³/mol. The smallest absolute Gasteiger partial charge is 0.325 e. The lowest BCUT2D eigenvalue weighted by molar-refractivity contribution is -0.152. The summed E-state index contributed by atoms with van der Waals surface area (Å²) in [5.41, 5.74) is 0.355. The summed E-state index contributed by atoms with van der Waals surface area (Å²) in [5, 5.41) is 4.94. The standard InChI is InChI=1S/C14H17N3O2S/c1-14(2,3)19-13(18)8-15-12-7-10(16-9-17-12)11-5-4-6-20-11/h4-7,9H,8H2,1-3H3,(H,15,16,17). The molecule has 2 aromatic heterocycles. The fourth-order valence-corrected chi connectivity index (χ4v) is 2.25. The van der Waals surface area contributed by atoms with Crippen molar-refractivity contribution in [2.24, 2.45) is 0 Å². The molecule has 2 rings (SSSR count). The summed E-state index contributed by atoms with van der Waals surface area (Å²) in [7, 11) is 0. The third-order valence-electron chi connectivity index (χ3n) is 2.27. The van der Waals surface area contributed by atoms with Gasteiger partial charge in [-0.25, -0.2) is 9.97 Å². The van der Waals surface area contributed by atoms with Gasteiger partial charge in [-0.2, -0.15) is 0 Å². The van der Waals surface area contributed by atoms with Gasteiger partial charge in [-0.1, -0.05) is 6.07 Å². The van der Waals surface area contributed by atoms with Gasteiger partial charge >= 0.3 is 5.97 Å². The molecule has 20 heavy (non-hydrogen) atoms. The summed E-state index contributed by atoms with van der Waals surface area (Å²) >= 11 is 1.61. The Morgan fingerprint density at radius 2 is 2.20 bits per heavy atom. The molecule has 0 aliphatic carbocycles. The van der Waals surface area contributed by atoms with Gasteiger partial charge in [0.15, 0.2) is 0 Å². The summed E-state index contributed by atoms with van der Waals surface area (Å²) in [6, 6.07) is 5.77. The first-order valence-electron chi connectivity index (χ1n) is 6.26. The van der Waals surface area contributed by atoms with Crippen LogP contribution in [0.2, 0.25) is 0 Å². The first-order chi connectivity index (χ1) is 9.44. The van der Waals surface area contributed by atoms with E-state index in [0.717, 1.165) is 10.6 Å². The van der Waals surface area contributed by atoms with E-state index in [-0.39, 0.29) is 12.5 Å². The Morgan fingerprint density at radius 1 is 1.40 bits per heavy atom. The van der Waals surface area contributed by atoms with E-state index in [1.54, 1.807) is 11.3 Å². The number of nitrogens with one attached hydrogen (secondary N) is 1. The lowest BCUT2D eigenvalue weighted by Crippen LogP contribution is -2.28. The second-order valence-corrected chi connectivity index (χ2v) is 6.15. The quantitative estimate of drug-likeness (QED) is 0.877. The molecule has 0 unspecified atom stereocenters. The first kappa shape index (κ1) is 14.5. The Bertz CT molecular complexity index is 576. The van der Waals surface area contributed by atoms with Crippen molar-refractivity contribution in [3.05, 3.63) is 29.9 Å². The predicted octanol–water partition coefficient (Wildman–Crippen LogP) is 2.96. The van der Waals surface area contributed by atoms with Gasteiger partial charge in [0.05, 0.1) is 10.6 Å². The van der Waals surface area contributed by atoms with Crippen LogP contribution in [0.3, 0.4) is 0 Å². The lowest BCUT2D eigenvalue weighted by atomic mass is 10.2. The molecule has 2 heterocycles. The topological polar surface area (TPSA) is 64.1 Å². The van der Waals surface area contributed by atoms with Crippen LogP contribution in [0.25, 0.3) is 10.6 Å². The van der Waals surface area contributed by atoms with Crippen LogP contribution in [-0.2, 0) is 9.53 Å². The molecule has 0 aromatic carbocycles. The van der Waals surface area contributed by atoms with Crippen LogP contribution in [0, 0.1) is 0 Å². The summed E-state index contributed by atoms with van der Waals surface area (Å²) in [6.07, 6.45) is 1.48. The summed E-state index contributed by atoms with van der Waals surface area (Å²) in [6.45, 7) is 5.59. The number of thiophene rings is 1. The number of nitrogens with zero attached hydrogens (tertiary/aromatic N) is 2. The van der Waals surface area contributed by atoms with Crippen molar-refractivity contribution in [3.8, 4) is 10.6 Å². The SMILES string of the molecule is CC(C)(C)OC(=O)CNc1cc(-c2cccs2)ncn1. The molecule has 0 amide bonds. The fourth-order valence-electron chi connectivity index (χ4n) is 1.55. The minimum atomic E-state index is -0.480. The highest BCUT2D eigenvalue weighted by molar-refractivity contribution is 7.13. The zero-order valence-electron chi connectivity index (χ0n) is 11.7. The Hall–Kier alpha value is -1.95. The van der Waals surface area contributed by atoms with Gasteiger partial charge < -0.3 is 10.1 Å². The number of rotatable bonds is 4. The number of carbonyl (C=O) groups excluding carboxylic acids is 1. The number of esters is 1. The van der Waals surface area contributed by atoms with Crippen molar-refractivity contribution < 1.29 is 9.53 Å². The Labute approximate surface area is 122 Å². The third-order valence-corrected chi connectivity index (χ3v) is 3.17. The molecule has 0 bridgehead atoms. The number of hydrogen-bond donors (Lipinski definition) is 1. The second-order valence-electron chi connectivity index (χ2n) is 5.21. The molecule has 1 N–H and O–H groups in total. The molecule has 5 nitrogen and oxygen atoms in total. The molecule has 0 spiro atoms. The maximum Gasteiger partial charge on any atom is 0.325 e. The van der Waals surface area contributed by atoms with Crippen molar-refractivity contribution >= 4 is 23.1 Å². The Morgan fingerprint density at radius 3 is 2.85 bits per heavy atom. The molecule has 0 aliphatic heterocycles. The van der Waals surface area contributed by atoms with E-state index in [0.29, 0.717) is 5.82 Å². The van der Waals surface area contributed by atoms with E-state index in [1.165, 1.54) is 6.33 Å². The van der Waals surface area contributed by atoms with Gasteiger partial charge in [0, 0.05) is 6.07 Å². The third kappa shape index (κ3) is 4.31. The molecule has 0 saturated carbocycles. The van der Waals surface area contributed by atoms with Crippen LogP contribution in [0.15, 0.2) is 29.9 Å². The van der Waals surface area contributed by atoms with Crippen molar-refractivity contribution in [1.82, 2.24) is 9.97 Å². The summed E-state index contributed by atoms with van der Waals surface area (Å²) in [5.74, 6) is 0.294. The number of anilines is 1. The van der Waals surface area contributed by atoms with Crippen LogP contribution in [0.4, 0.5) is 5.82 Å². The molecule has 0 aliphatic rings. The minimum absolute atomic E-state index is 0.0815. The van der Waals surface area contributed by atoms with E-state index < -0.39 is 5.60 Å². The largest absolute Gasteiger partial charge is 0.459 e. The molecule has 2 aromatic rings. The maximum atomic E-state index is 11.6. The molecular formula is C14H17N3O2S. The van der Waals surface area contributed by atoms with Crippen molar-refractivity contribution in [3.63, 3.8) is 0 Å². The van der Waals surface area contributed by atoms with Gasteiger partial charge in [0.2, 0.25) is 0 Å². The molecule has 0 atom stereocenters. The van der Waals surface area contributed by atoms with E-state index in [1.807, 2.05) is 44.4 Å². The van der Waals surface area contributed by atoms with Crippen molar-refractivity contribution in [2.75, 3.05) is 11.9 Å². The zero-order chi connectivity index (χ0) is 14.6. The molecule has 0 radical (unpaired) electrons. The van der Waals surface area contributed by atoms with E-state index in [9.17, 15) is 4.79 Å². The molecular weight excluding hydrogens is 274 g/mol. The van der Waals surface area contributed by atoms with Crippen LogP contribution in [0.1, 0.15) is 20.8 Å². The molecule has 106 valence electrons. The monoisotopic (exact) mass is 291 g/mol. The summed E-state index contributed by atoms with van der Waals surface area (Å²) < 4.78 is 5.22. The van der Waals surface area contributed by atoms with E-state index >= 15 is 0 Å². The van der Waals surface area contributed by atoms with Crippen molar-refractivity contribution in [1.29, 1.82) is 0 Å².